The molecule has 0 aliphatic carbocycles. The summed E-state index contributed by atoms with van der Waals surface area (Å²) in [5, 5.41) is 7.78. The van der Waals surface area contributed by atoms with Crippen LogP contribution in [0.3, 0.4) is 0 Å². The Hall–Kier alpha value is -1.07. The summed E-state index contributed by atoms with van der Waals surface area (Å²) in [6.45, 7) is 1.09. The normalized spacial score (nSPS) is 15.4. The first-order valence-electron chi connectivity index (χ1n) is 5.06. The zero-order valence-electron chi connectivity index (χ0n) is 8.89. The molecule has 0 saturated carbocycles. The van der Waals surface area contributed by atoms with E-state index in [1.54, 1.807) is 0 Å². The Morgan fingerprint density at radius 1 is 1.41 bits per heavy atom. The van der Waals surface area contributed by atoms with Crippen LogP contribution in [0, 0.1) is 0 Å². The van der Waals surface area contributed by atoms with Crippen molar-refractivity contribution < 1.29 is 19.4 Å². The molecule has 0 radical (unpaired) electrons. The highest BCUT2D eigenvalue weighted by molar-refractivity contribution is 7.99. The van der Waals surface area contributed by atoms with E-state index in [4.69, 9.17) is 26.2 Å². The minimum atomic E-state index is -1.00. The number of alkyl halides is 1. The highest BCUT2D eigenvalue weighted by atomic mass is 35.5. The molecular weight excluding hydrogens is 264 g/mol. The molecule has 0 saturated heterocycles. The Balaban J connectivity index is 2.00. The van der Waals surface area contributed by atoms with Crippen LogP contribution >= 0.6 is 23.4 Å². The Morgan fingerprint density at radius 2 is 2.12 bits per heavy atom. The third-order valence-electron chi connectivity index (χ3n) is 2.18. The number of fused-ring (bicyclic) bond motifs is 1. The monoisotopic (exact) mass is 274 g/mol. The first kappa shape index (κ1) is 12.4. The molecule has 1 atom stereocenters. The Morgan fingerprint density at radius 3 is 2.82 bits per heavy atom. The molecule has 92 valence electrons. The molecule has 1 aromatic rings. The summed E-state index contributed by atoms with van der Waals surface area (Å²) < 4.78 is 10.8. The smallest absolute Gasteiger partial charge is 0.322 e. The van der Waals surface area contributed by atoms with Gasteiger partial charge in [-0.3, -0.25) is 4.79 Å². The molecule has 1 heterocycles. The molecule has 1 aromatic carbocycles. The van der Waals surface area contributed by atoms with Gasteiger partial charge in [0.1, 0.15) is 18.6 Å². The predicted molar refractivity (Wildman–Crippen MR) is 65.4 cm³/mol. The highest BCUT2D eigenvalue weighted by Crippen LogP contribution is 2.34. The summed E-state index contributed by atoms with van der Waals surface area (Å²) in [4.78, 5) is 11.5. The number of benzene rings is 1. The summed E-state index contributed by atoms with van der Waals surface area (Å²) in [5.74, 6) is 0.733. The number of carbonyl (C=O) groups is 1. The molecule has 0 amide bonds. The Bertz CT molecular complexity index is 424. The molecule has 1 N–H and O–H groups in total. The quantitative estimate of drug-likeness (QED) is 0.674. The van der Waals surface area contributed by atoms with Crippen molar-refractivity contribution in [1.29, 1.82) is 0 Å². The molecule has 0 spiro atoms. The van der Waals surface area contributed by atoms with Crippen LogP contribution in [0.5, 0.6) is 11.5 Å². The van der Waals surface area contributed by atoms with Crippen LogP contribution in [-0.4, -0.2) is 35.4 Å². The Labute approximate surface area is 108 Å². The van der Waals surface area contributed by atoms with Gasteiger partial charge in [-0.05, 0) is 18.2 Å². The van der Waals surface area contributed by atoms with Gasteiger partial charge in [-0.2, -0.15) is 0 Å². The van der Waals surface area contributed by atoms with Crippen molar-refractivity contribution in [2.45, 2.75) is 10.3 Å². The van der Waals surface area contributed by atoms with Crippen molar-refractivity contribution in [2.75, 3.05) is 19.0 Å². The lowest BCUT2D eigenvalue weighted by Gasteiger charge is -2.18. The average Bonchev–Trinajstić information content (AvgIpc) is 2.35. The van der Waals surface area contributed by atoms with Gasteiger partial charge in [0, 0.05) is 10.6 Å². The fourth-order valence-corrected chi connectivity index (χ4v) is 2.38. The third-order valence-corrected chi connectivity index (χ3v) is 3.79. The number of hydrogen-bond donors (Lipinski definition) is 1. The number of carboxylic acids is 1. The molecule has 1 unspecified atom stereocenters. The van der Waals surface area contributed by atoms with Gasteiger partial charge in [0.2, 0.25) is 0 Å². The summed E-state index contributed by atoms with van der Waals surface area (Å²) in [7, 11) is 0. The number of carboxylic acid groups (broad SMARTS) is 1. The number of hydrogen-bond acceptors (Lipinski definition) is 4. The maximum Gasteiger partial charge on any atom is 0.322 e. The van der Waals surface area contributed by atoms with Gasteiger partial charge < -0.3 is 14.6 Å². The number of rotatable bonds is 4. The van der Waals surface area contributed by atoms with Crippen molar-refractivity contribution in [2.24, 2.45) is 0 Å². The first-order valence-corrected chi connectivity index (χ1v) is 6.48. The number of ether oxygens (including phenoxy) is 2. The van der Waals surface area contributed by atoms with Gasteiger partial charge >= 0.3 is 5.97 Å². The van der Waals surface area contributed by atoms with E-state index in [9.17, 15) is 4.79 Å². The highest BCUT2D eigenvalue weighted by Gasteiger charge is 2.15. The zero-order valence-corrected chi connectivity index (χ0v) is 10.5. The molecule has 1 aliphatic heterocycles. The van der Waals surface area contributed by atoms with Crippen LogP contribution in [0.15, 0.2) is 23.1 Å². The van der Waals surface area contributed by atoms with E-state index in [0.717, 1.165) is 10.6 Å². The van der Waals surface area contributed by atoms with Gasteiger partial charge in [0.15, 0.2) is 11.5 Å². The number of aliphatic carboxylic acids is 1. The largest absolute Gasteiger partial charge is 0.486 e. The van der Waals surface area contributed by atoms with Crippen LogP contribution in [0.25, 0.3) is 0 Å². The summed E-state index contributed by atoms with van der Waals surface area (Å²) in [6, 6.07) is 5.52. The number of thioether (sulfide) groups is 1. The van der Waals surface area contributed by atoms with E-state index < -0.39 is 11.3 Å². The maximum absolute atomic E-state index is 10.6. The van der Waals surface area contributed by atoms with Crippen LogP contribution < -0.4 is 9.47 Å². The molecule has 0 aromatic heterocycles. The minimum Gasteiger partial charge on any atom is -0.486 e. The van der Waals surface area contributed by atoms with Gasteiger partial charge in [-0.15, -0.1) is 23.4 Å². The van der Waals surface area contributed by atoms with Crippen molar-refractivity contribution in [3.8, 4) is 11.5 Å². The minimum absolute atomic E-state index is 0.316. The van der Waals surface area contributed by atoms with Crippen LogP contribution in [0.4, 0.5) is 0 Å². The van der Waals surface area contributed by atoms with Crippen molar-refractivity contribution in [1.82, 2.24) is 0 Å². The van der Waals surface area contributed by atoms with Crippen molar-refractivity contribution in [3.63, 3.8) is 0 Å². The molecule has 1 aliphatic rings. The first-order chi connectivity index (χ1) is 8.16. The summed E-state index contributed by atoms with van der Waals surface area (Å²) in [6.07, 6.45) is 0. The predicted octanol–water partition coefficient (Wildman–Crippen LogP) is 2.24. The zero-order chi connectivity index (χ0) is 12.3. The topological polar surface area (TPSA) is 55.8 Å². The fourth-order valence-electron chi connectivity index (χ4n) is 1.35. The summed E-state index contributed by atoms with van der Waals surface area (Å²) in [5.41, 5.74) is 0. The third kappa shape index (κ3) is 3.20. The molecule has 0 bridgehead atoms. The van der Waals surface area contributed by atoms with Crippen LogP contribution in [0.2, 0.25) is 0 Å². The molecule has 0 fully saturated rings. The van der Waals surface area contributed by atoms with E-state index in [2.05, 4.69) is 0 Å². The van der Waals surface area contributed by atoms with Crippen LogP contribution in [0.1, 0.15) is 0 Å². The number of halogens is 1. The van der Waals surface area contributed by atoms with E-state index in [-0.39, 0.29) is 0 Å². The molecule has 2 rings (SSSR count). The van der Waals surface area contributed by atoms with Crippen LogP contribution in [-0.2, 0) is 4.79 Å². The maximum atomic E-state index is 10.6. The molecule has 4 nitrogen and oxygen atoms in total. The van der Waals surface area contributed by atoms with E-state index >= 15 is 0 Å². The van der Waals surface area contributed by atoms with Crippen molar-refractivity contribution >= 4 is 29.3 Å². The molecule has 6 heteroatoms. The van der Waals surface area contributed by atoms with Gasteiger partial charge in [-0.25, -0.2) is 0 Å². The second-order valence-electron chi connectivity index (χ2n) is 3.42. The van der Waals surface area contributed by atoms with E-state index in [1.807, 2.05) is 18.2 Å². The lowest BCUT2D eigenvalue weighted by atomic mass is 10.3. The lowest BCUT2D eigenvalue weighted by Crippen LogP contribution is -2.16. The SMILES string of the molecule is O=C(O)C(Cl)CSc1ccc2c(c1)OCCO2. The Kier molecular flexibility index (Phi) is 4.02. The lowest BCUT2D eigenvalue weighted by molar-refractivity contribution is -0.136. The second kappa shape index (κ2) is 5.51. The fraction of sp³-hybridized carbons (Fsp3) is 0.364. The molecule has 17 heavy (non-hydrogen) atoms. The van der Waals surface area contributed by atoms with Crippen molar-refractivity contribution in [3.05, 3.63) is 18.2 Å². The van der Waals surface area contributed by atoms with E-state index in [1.165, 1.54) is 11.8 Å². The van der Waals surface area contributed by atoms with Gasteiger partial charge in [-0.1, -0.05) is 0 Å². The average molecular weight is 275 g/mol. The molecular formula is C11H11ClO4S. The van der Waals surface area contributed by atoms with Gasteiger partial charge in [0.05, 0.1) is 0 Å². The van der Waals surface area contributed by atoms with Gasteiger partial charge in [0.25, 0.3) is 0 Å². The van der Waals surface area contributed by atoms with E-state index in [0.29, 0.717) is 24.7 Å². The standard InChI is InChI=1S/C11H11ClO4S/c12-8(11(13)14)6-17-7-1-2-9-10(5-7)16-4-3-15-9/h1-2,5,8H,3-4,6H2,(H,13,14). The second-order valence-corrected chi connectivity index (χ2v) is 5.04. The summed E-state index contributed by atoms with van der Waals surface area (Å²) >= 11 is 7.01.